The third kappa shape index (κ3) is 7.20. The van der Waals surface area contributed by atoms with E-state index in [2.05, 4.69) is 11.5 Å². The van der Waals surface area contributed by atoms with Crippen molar-refractivity contribution in [1.82, 2.24) is 0 Å². The number of rotatable bonds is 7. The van der Waals surface area contributed by atoms with E-state index in [9.17, 15) is 4.79 Å². The van der Waals surface area contributed by atoms with E-state index in [-0.39, 0.29) is 12.1 Å². The molecule has 0 aromatic rings. The van der Waals surface area contributed by atoms with E-state index in [1.165, 1.54) is 6.92 Å². The summed E-state index contributed by atoms with van der Waals surface area (Å²) in [5.41, 5.74) is 1.87. The Balaban J connectivity index is 3.90. The number of esters is 1. The quantitative estimate of drug-likeness (QED) is 0.315. The van der Waals surface area contributed by atoms with Crippen molar-refractivity contribution in [2.24, 2.45) is 0 Å². The highest BCUT2D eigenvalue weighted by Gasteiger charge is 2.09. The summed E-state index contributed by atoms with van der Waals surface area (Å²) in [7, 11) is 0. The lowest BCUT2D eigenvalue weighted by molar-refractivity contribution is -0.269. The zero-order valence-electron chi connectivity index (χ0n) is 10.2. The normalized spacial score (nSPS) is 13.4. The molecule has 4 nitrogen and oxygen atoms in total. The molecule has 0 spiro atoms. The van der Waals surface area contributed by atoms with Gasteiger partial charge in [-0.15, -0.1) is 0 Å². The third-order valence-electron chi connectivity index (χ3n) is 2.20. The summed E-state index contributed by atoms with van der Waals surface area (Å²) in [6.45, 7) is 9.13. The minimum absolute atomic E-state index is 0.289. The minimum Gasteiger partial charge on any atom is -0.462 e. The molecule has 0 aromatic heterocycles. The van der Waals surface area contributed by atoms with Crippen LogP contribution >= 0.6 is 0 Å². The number of allylic oxidation sites excluding steroid dienone is 1. The van der Waals surface area contributed by atoms with Crippen molar-refractivity contribution in [3.05, 3.63) is 23.8 Å². The Labute approximate surface area is 96.5 Å². The largest absolute Gasteiger partial charge is 0.462 e. The van der Waals surface area contributed by atoms with Gasteiger partial charge in [0.1, 0.15) is 12.7 Å². The topological polar surface area (TPSA) is 55.8 Å². The fourth-order valence-electron chi connectivity index (χ4n) is 1.15. The van der Waals surface area contributed by atoms with Gasteiger partial charge >= 0.3 is 5.97 Å². The highest BCUT2D eigenvalue weighted by Crippen LogP contribution is 2.13. The molecule has 92 valence electrons. The molecule has 0 bridgehead atoms. The van der Waals surface area contributed by atoms with Gasteiger partial charge in [-0.3, -0.25) is 10.1 Å². The lowest BCUT2D eigenvalue weighted by atomic mass is 10.0. The Morgan fingerprint density at radius 2 is 2.06 bits per heavy atom. The van der Waals surface area contributed by atoms with Gasteiger partial charge < -0.3 is 4.74 Å². The average Bonchev–Trinajstić information content (AvgIpc) is 2.17. The van der Waals surface area contributed by atoms with Crippen LogP contribution in [0.4, 0.5) is 0 Å². The molecule has 0 heterocycles. The second kappa shape index (κ2) is 8.07. The Kier molecular flexibility index (Phi) is 7.50. The van der Waals surface area contributed by atoms with Crippen LogP contribution < -0.4 is 0 Å². The van der Waals surface area contributed by atoms with Gasteiger partial charge in [-0.05, 0) is 38.3 Å². The summed E-state index contributed by atoms with van der Waals surface area (Å²) in [6, 6.07) is 0. The smallest absolute Gasteiger partial charge is 0.302 e. The molecule has 0 rings (SSSR count). The van der Waals surface area contributed by atoms with Crippen LogP contribution in [0.15, 0.2) is 23.8 Å². The molecule has 0 saturated carbocycles. The van der Waals surface area contributed by atoms with E-state index in [1.54, 1.807) is 6.92 Å². The summed E-state index contributed by atoms with van der Waals surface area (Å²) in [5.74, 6) is -0.289. The maximum Gasteiger partial charge on any atom is 0.302 e. The summed E-state index contributed by atoms with van der Waals surface area (Å²) in [5, 5.41) is 8.61. The van der Waals surface area contributed by atoms with Crippen molar-refractivity contribution in [1.29, 1.82) is 0 Å². The van der Waals surface area contributed by atoms with Gasteiger partial charge in [0.15, 0.2) is 0 Å². The Morgan fingerprint density at radius 3 is 2.50 bits per heavy atom. The van der Waals surface area contributed by atoms with E-state index in [0.717, 1.165) is 17.6 Å². The Morgan fingerprint density at radius 1 is 1.44 bits per heavy atom. The van der Waals surface area contributed by atoms with Crippen LogP contribution in [0, 0.1) is 0 Å². The summed E-state index contributed by atoms with van der Waals surface area (Å²) >= 11 is 0. The molecule has 0 unspecified atom stereocenters. The zero-order valence-corrected chi connectivity index (χ0v) is 10.2. The van der Waals surface area contributed by atoms with Gasteiger partial charge in [0.25, 0.3) is 0 Å². The molecule has 0 aliphatic heterocycles. The van der Waals surface area contributed by atoms with Crippen molar-refractivity contribution >= 4 is 5.97 Å². The highest BCUT2D eigenvalue weighted by molar-refractivity contribution is 5.66. The van der Waals surface area contributed by atoms with E-state index >= 15 is 0 Å². The second-order valence-electron chi connectivity index (χ2n) is 3.83. The van der Waals surface area contributed by atoms with Crippen molar-refractivity contribution < 1.29 is 19.7 Å². The van der Waals surface area contributed by atoms with E-state index in [4.69, 9.17) is 9.99 Å². The van der Waals surface area contributed by atoms with Crippen molar-refractivity contribution in [2.45, 2.75) is 39.7 Å². The van der Waals surface area contributed by atoms with Gasteiger partial charge in [-0.2, -0.15) is 0 Å². The summed E-state index contributed by atoms with van der Waals surface area (Å²) < 4.78 is 4.78. The number of hydrogen-bond acceptors (Lipinski definition) is 4. The van der Waals surface area contributed by atoms with Gasteiger partial charge in [-0.1, -0.05) is 12.2 Å². The van der Waals surface area contributed by atoms with Crippen molar-refractivity contribution in [3.63, 3.8) is 0 Å². The Bertz CT molecular complexity index is 268. The van der Waals surface area contributed by atoms with Gasteiger partial charge in [0.05, 0.1) is 0 Å². The fraction of sp³-hybridized carbons (Fsp3) is 0.583. The monoisotopic (exact) mass is 228 g/mol. The molecule has 1 N–H and O–H groups in total. The molecule has 0 aliphatic rings. The standard InChI is InChI=1S/C12H20O4/c1-9(2)12(16-14)6-5-10(3)7-8-15-11(4)13/h7,12,14H,1,5-6,8H2,2-4H3/b10-7+/t12-/m0/s1. The molecule has 0 fully saturated rings. The number of ether oxygens (including phenoxy) is 1. The maximum absolute atomic E-state index is 10.5. The summed E-state index contributed by atoms with van der Waals surface area (Å²) in [4.78, 5) is 14.8. The third-order valence-corrected chi connectivity index (χ3v) is 2.20. The van der Waals surface area contributed by atoms with Crippen LogP contribution in [0.5, 0.6) is 0 Å². The van der Waals surface area contributed by atoms with Crippen LogP contribution in [0.25, 0.3) is 0 Å². The molecular formula is C12H20O4. The maximum atomic E-state index is 10.5. The zero-order chi connectivity index (χ0) is 12.6. The molecular weight excluding hydrogens is 208 g/mol. The lowest BCUT2D eigenvalue weighted by Gasteiger charge is -2.12. The number of carbonyl (C=O) groups is 1. The molecule has 0 amide bonds. The molecule has 4 heteroatoms. The van der Waals surface area contributed by atoms with Gasteiger partial charge in [-0.25, -0.2) is 4.89 Å². The van der Waals surface area contributed by atoms with Crippen molar-refractivity contribution in [2.75, 3.05) is 6.61 Å². The predicted octanol–water partition coefficient (Wildman–Crippen LogP) is 2.71. The number of hydrogen-bond donors (Lipinski definition) is 1. The molecule has 0 radical (unpaired) electrons. The first-order valence-electron chi connectivity index (χ1n) is 5.22. The van der Waals surface area contributed by atoms with Gasteiger partial charge in [0.2, 0.25) is 0 Å². The van der Waals surface area contributed by atoms with E-state index in [1.807, 2.05) is 13.0 Å². The first-order chi connectivity index (χ1) is 7.47. The molecule has 0 aliphatic carbocycles. The van der Waals surface area contributed by atoms with Crippen LogP contribution in [0.3, 0.4) is 0 Å². The molecule has 0 saturated heterocycles. The van der Waals surface area contributed by atoms with Gasteiger partial charge in [0, 0.05) is 6.92 Å². The van der Waals surface area contributed by atoms with Crippen LogP contribution in [-0.2, 0) is 14.4 Å². The highest BCUT2D eigenvalue weighted by atomic mass is 17.1. The number of carbonyl (C=O) groups excluding carboxylic acids is 1. The predicted molar refractivity (Wildman–Crippen MR) is 61.9 cm³/mol. The minimum atomic E-state index is -0.336. The molecule has 16 heavy (non-hydrogen) atoms. The Hall–Kier alpha value is -1.13. The van der Waals surface area contributed by atoms with Crippen LogP contribution in [0.1, 0.15) is 33.6 Å². The van der Waals surface area contributed by atoms with Crippen molar-refractivity contribution in [3.8, 4) is 0 Å². The van der Waals surface area contributed by atoms with E-state index < -0.39 is 0 Å². The first kappa shape index (κ1) is 14.9. The second-order valence-corrected chi connectivity index (χ2v) is 3.83. The first-order valence-corrected chi connectivity index (χ1v) is 5.22. The van der Waals surface area contributed by atoms with Crippen LogP contribution in [0.2, 0.25) is 0 Å². The fourth-order valence-corrected chi connectivity index (χ4v) is 1.15. The average molecular weight is 228 g/mol. The lowest BCUT2D eigenvalue weighted by Crippen LogP contribution is -2.11. The van der Waals surface area contributed by atoms with E-state index in [0.29, 0.717) is 13.0 Å². The summed E-state index contributed by atoms with van der Waals surface area (Å²) in [6.07, 6.45) is 2.93. The molecule has 0 aromatic carbocycles. The van der Waals surface area contributed by atoms with Crippen LogP contribution in [-0.4, -0.2) is 23.9 Å². The SMILES string of the molecule is C=C(C)[C@H](CC/C(C)=C/COC(C)=O)OO. The molecule has 1 atom stereocenters.